The monoisotopic (exact) mass is 456 g/mol. The Morgan fingerprint density at radius 3 is 2.82 bits per heavy atom. The number of ether oxygens (including phenoxy) is 1. The number of rotatable bonds is 5. The van der Waals surface area contributed by atoms with Gasteiger partial charge < -0.3 is 14.6 Å². The van der Waals surface area contributed by atoms with Gasteiger partial charge in [-0.3, -0.25) is 4.79 Å². The normalized spacial score (nSPS) is 14.6. The number of carbonyl (C=O) groups is 1. The number of hydrogen-bond donors (Lipinski definition) is 1. The van der Waals surface area contributed by atoms with Gasteiger partial charge >= 0.3 is 0 Å². The number of carbonyl (C=O) groups excluding carboxylic acids is 1. The third-order valence-corrected chi connectivity index (χ3v) is 7.13. The second-order valence-corrected chi connectivity index (χ2v) is 8.98. The van der Waals surface area contributed by atoms with Gasteiger partial charge in [-0.25, -0.2) is 9.50 Å². The largest absolute Gasteiger partial charge is 0.497 e. The summed E-state index contributed by atoms with van der Waals surface area (Å²) in [5.41, 5.74) is 6.27. The van der Waals surface area contributed by atoms with Crippen molar-refractivity contribution in [3.63, 3.8) is 0 Å². The minimum atomic E-state index is 0.177. The number of aromatic amines is 1. The van der Waals surface area contributed by atoms with E-state index in [0.29, 0.717) is 30.0 Å². The molecular formula is C26H28N6O2. The van der Waals surface area contributed by atoms with E-state index >= 15 is 0 Å². The minimum absolute atomic E-state index is 0.177. The fraction of sp³-hybridized carbons (Fsp3) is 0.385. The van der Waals surface area contributed by atoms with Crippen LogP contribution in [0.3, 0.4) is 0 Å². The van der Waals surface area contributed by atoms with Crippen molar-refractivity contribution in [2.24, 2.45) is 0 Å². The Morgan fingerprint density at radius 1 is 1.29 bits per heavy atom. The zero-order chi connectivity index (χ0) is 23.8. The number of H-pyrrole nitrogens is 1. The summed E-state index contributed by atoms with van der Waals surface area (Å²) < 4.78 is 7.10. The summed E-state index contributed by atoms with van der Waals surface area (Å²) in [6.45, 7) is 5.43. The second-order valence-electron chi connectivity index (χ2n) is 8.98. The Kier molecular flexibility index (Phi) is 5.70. The van der Waals surface area contributed by atoms with Crippen LogP contribution < -0.4 is 4.74 Å². The van der Waals surface area contributed by atoms with Gasteiger partial charge in [-0.15, -0.1) is 0 Å². The molecule has 1 N–H and O–H groups in total. The summed E-state index contributed by atoms with van der Waals surface area (Å²) in [7, 11) is 1.69. The maximum Gasteiger partial charge on any atom is 0.222 e. The number of nitriles is 1. The van der Waals surface area contributed by atoms with Crippen LogP contribution in [0.1, 0.15) is 53.3 Å². The number of benzene rings is 1. The van der Waals surface area contributed by atoms with Gasteiger partial charge in [-0.05, 0) is 68.4 Å². The Labute approximate surface area is 198 Å². The van der Waals surface area contributed by atoms with Crippen LogP contribution in [-0.4, -0.2) is 50.6 Å². The molecule has 0 aliphatic carbocycles. The van der Waals surface area contributed by atoms with E-state index in [-0.39, 0.29) is 5.91 Å². The molecule has 3 aromatic heterocycles. The molecule has 1 aliphatic rings. The van der Waals surface area contributed by atoms with Gasteiger partial charge in [0, 0.05) is 48.0 Å². The first-order valence-corrected chi connectivity index (χ1v) is 11.7. The highest BCUT2D eigenvalue weighted by molar-refractivity contribution is 5.85. The van der Waals surface area contributed by atoms with E-state index in [0.717, 1.165) is 54.1 Å². The quantitative estimate of drug-likeness (QED) is 0.488. The molecule has 5 rings (SSSR count). The average molecular weight is 457 g/mol. The molecule has 0 saturated carbocycles. The van der Waals surface area contributed by atoms with E-state index in [2.05, 4.69) is 39.5 Å². The molecule has 1 fully saturated rings. The number of aromatic nitrogens is 4. The number of likely N-dealkylation sites (tertiary alicyclic amines) is 1. The molecule has 4 aromatic rings. The molecule has 0 atom stereocenters. The molecule has 34 heavy (non-hydrogen) atoms. The van der Waals surface area contributed by atoms with Crippen LogP contribution in [0.2, 0.25) is 0 Å². The number of piperidine rings is 1. The first-order valence-electron chi connectivity index (χ1n) is 11.7. The van der Waals surface area contributed by atoms with Gasteiger partial charge in [0.15, 0.2) is 5.65 Å². The maximum absolute atomic E-state index is 13.0. The van der Waals surface area contributed by atoms with Gasteiger partial charge in [-0.1, -0.05) is 0 Å². The molecule has 4 heterocycles. The van der Waals surface area contributed by atoms with Crippen LogP contribution in [0.4, 0.5) is 0 Å². The van der Waals surface area contributed by atoms with Crippen LogP contribution in [0.15, 0.2) is 30.6 Å². The Hall–Kier alpha value is -3.86. The van der Waals surface area contributed by atoms with Gasteiger partial charge in [0.05, 0.1) is 13.3 Å². The molecule has 8 nitrogen and oxygen atoms in total. The van der Waals surface area contributed by atoms with Crippen LogP contribution in [0.25, 0.3) is 16.6 Å². The molecule has 1 aromatic carbocycles. The van der Waals surface area contributed by atoms with Crippen molar-refractivity contribution in [2.75, 3.05) is 20.2 Å². The van der Waals surface area contributed by atoms with Crippen molar-refractivity contribution >= 4 is 22.5 Å². The second kappa shape index (κ2) is 8.82. The number of aryl methyl sites for hydroxylation is 2. The van der Waals surface area contributed by atoms with E-state index in [4.69, 9.17) is 4.74 Å². The van der Waals surface area contributed by atoms with E-state index in [1.165, 1.54) is 17.1 Å². The van der Waals surface area contributed by atoms with Crippen molar-refractivity contribution in [1.29, 1.82) is 5.26 Å². The highest BCUT2D eigenvalue weighted by Crippen LogP contribution is 2.35. The summed E-state index contributed by atoms with van der Waals surface area (Å²) in [4.78, 5) is 22.9. The average Bonchev–Trinajstić information content (AvgIpc) is 3.47. The van der Waals surface area contributed by atoms with Crippen molar-refractivity contribution in [3.05, 3.63) is 58.7 Å². The Bertz CT molecular complexity index is 1420. The van der Waals surface area contributed by atoms with Crippen molar-refractivity contribution in [1.82, 2.24) is 24.5 Å². The summed E-state index contributed by atoms with van der Waals surface area (Å²) in [6.07, 6.45) is 6.60. The summed E-state index contributed by atoms with van der Waals surface area (Å²) >= 11 is 0. The predicted molar refractivity (Wildman–Crippen MR) is 129 cm³/mol. The molecule has 1 aliphatic heterocycles. The number of amides is 1. The standard InChI is InChI=1S/C26H28N6O2/c1-16-21(17(2)32-26(30-16)19(13-27)14-29-32)5-7-25(33)31-10-8-18(9-11-31)23-15-28-24-6-4-20(34-3)12-22(23)24/h4,6,12,14-15,18,28H,5,7-11H2,1-3H3. The Morgan fingerprint density at radius 2 is 2.09 bits per heavy atom. The first-order chi connectivity index (χ1) is 16.5. The van der Waals surface area contributed by atoms with Gasteiger partial charge in [0.25, 0.3) is 0 Å². The van der Waals surface area contributed by atoms with Gasteiger partial charge in [0.1, 0.15) is 17.4 Å². The van der Waals surface area contributed by atoms with Gasteiger partial charge in [-0.2, -0.15) is 10.4 Å². The fourth-order valence-electron chi connectivity index (χ4n) is 5.17. The summed E-state index contributed by atoms with van der Waals surface area (Å²) in [6, 6.07) is 8.24. The van der Waals surface area contributed by atoms with E-state index in [1.807, 2.05) is 24.8 Å². The zero-order valence-electron chi connectivity index (χ0n) is 19.8. The molecule has 174 valence electrons. The molecule has 0 spiro atoms. The molecular weight excluding hydrogens is 428 g/mol. The highest BCUT2D eigenvalue weighted by Gasteiger charge is 2.26. The molecule has 8 heteroatoms. The Balaban J connectivity index is 1.24. The molecule has 0 bridgehead atoms. The first kappa shape index (κ1) is 22.0. The number of nitrogens with one attached hydrogen (secondary N) is 1. The number of methoxy groups -OCH3 is 1. The topological polar surface area (TPSA) is 99.3 Å². The smallest absolute Gasteiger partial charge is 0.222 e. The van der Waals surface area contributed by atoms with Crippen LogP contribution in [0.5, 0.6) is 5.75 Å². The van der Waals surface area contributed by atoms with Crippen molar-refractivity contribution < 1.29 is 9.53 Å². The van der Waals surface area contributed by atoms with Crippen LogP contribution in [-0.2, 0) is 11.2 Å². The predicted octanol–water partition coefficient (Wildman–Crippen LogP) is 4.05. The van der Waals surface area contributed by atoms with E-state index in [1.54, 1.807) is 11.6 Å². The van der Waals surface area contributed by atoms with Crippen LogP contribution >= 0.6 is 0 Å². The van der Waals surface area contributed by atoms with Crippen LogP contribution in [0, 0.1) is 25.2 Å². The summed E-state index contributed by atoms with van der Waals surface area (Å²) in [5, 5.41) is 14.8. The molecule has 1 amide bonds. The lowest BCUT2D eigenvalue weighted by Crippen LogP contribution is -2.38. The third-order valence-electron chi connectivity index (χ3n) is 7.13. The summed E-state index contributed by atoms with van der Waals surface area (Å²) in [5.74, 6) is 1.46. The SMILES string of the molecule is COc1ccc2[nH]cc(C3CCN(C(=O)CCc4c(C)nc5c(C#N)cnn5c4C)CC3)c2c1. The van der Waals surface area contributed by atoms with Crippen molar-refractivity contribution in [3.8, 4) is 11.8 Å². The lowest BCUT2D eigenvalue weighted by atomic mass is 9.89. The number of fused-ring (bicyclic) bond motifs is 2. The highest BCUT2D eigenvalue weighted by atomic mass is 16.5. The third kappa shape index (κ3) is 3.77. The minimum Gasteiger partial charge on any atom is -0.497 e. The molecule has 0 unspecified atom stereocenters. The zero-order valence-corrected chi connectivity index (χ0v) is 19.8. The maximum atomic E-state index is 13.0. The fourth-order valence-corrected chi connectivity index (χ4v) is 5.17. The molecule has 0 radical (unpaired) electrons. The van der Waals surface area contributed by atoms with Crippen molar-refractivity contribution in [2.45, 2.75) is 45.4 Å². The lowest BCUT2D eigenvalue weighted by Gasteiger charge is -2.32. The van der Waals surface area contributed by atoms with E-state index < -0.39 is 0 Å². The lowest BCUT2D eigenvalue weighted by molar-refractivity contribution is -0.132. The van der Waals surface area contributed by atoms with E-state index in [9.17, 15) is 10.1 Å². The molecule has 1 saturated heterocycles. The number of hydrogen-bond acceptors (Lipinski definition) is 5. The number of nitrogens with zero attached hydrogens (tertiary/aromatic N) is 5. The van der Waals surface area contributed by atoms with Gasteiger partial charge in [0.2, 0.25) is 5.91 Å².